The molecule has 1 rings (SSSR count). The predicted octanol–water partition coefficient (Wildman–Crippen LogP) is 1.05. The molecule has 0 radical (unpaired) electrons. The molecule has 0 saturated carbocycles. The lowest BCUT2D eigenvalue weighted by Crippen LogP contribution is -2.26. The first-order valence-corrected chi connectivity index (χ1v) is 2.88. The Kier molecular flexibility index (Phi) is 2.34. The quantitative estimate of drug-likeness (QED) is 0.390. The Morgan fingerprint density at radius 3 is 2.38 bits per heavy atom. The fourth-order valence-corrected chi connectivity index (χ4v) is 0.540. The number of rotatable bonds is 0. The SMILES string of the molecule is Cl[C@H]1OC[C@@H](Cl)OO1. The van der Waals surface area contributed by atoms with Crippen LogP contribution in [0, 0.1) is 0 Å². The lowest BCUT2D eigenvalue weighted by atomic mass is 10.8. The van der Waals surface area contributed by atoms with Gasteiger partial charge in [0.15, 0.2) is 5.56 Å². The molecular formula is C3H4Cl2O3. The third-order valence-corrected chi connectivity index (χ3v) is 0.991. The van der Waals surface area contributed by atoms with E-state index in [0.717, 1.165) is 0 Å². The maximum atomic E-state index is 5.35. The first-order valence-electron chi connectivity index (χ1n) is 2.01. The summed E-state index contributed by atoms with van der Waals surface area (Å²) < 4.78 is 4.68. The summed E-state index contributed by atoms with van der Waals surface area (Å²) in [6.07, 6.45) is 0. The van der Waals surface area contributed by atoms with Crippen LogP contribution in [0.15, 0.2) is 0 Å². The van der Waals surface area contributed by atoms with E-state index in [0.29, 0.717) is 0 Å². The zero-order chi connectivity index (χ0) is 5.98. The summed E-state index contributed by atoms with van der Waals surface area (Å²) in [6.45, 7) is 0.260. The van der Waals surface area contributed by atoms with E-state index < -0.39 is 11.3 Å². The van der Waals surface area contributed by atoms with Crippen molar-refractivity contribution in [1.29, 1.82) is 0 Å². The Balaban J connectivity index is 2.19. The molecule has 2 atom stereocenters. The van der Waals surface area contributed by atoms with E-state index in [9.17, 15) is 0 Å². The molecule has 1 heterocycles. The van der Waals surface area contributed by atoms with Crippen molar-refractivity contribution >= 4 is 23.2 Å². The average Bonchev–Trinajstić information content (AvgIpc) is 1.77. The van der Waals surface area contributed by atoms with Crippen LogP contribution in [-0.4, -0.2) is 17.9 Å². The second-order valence-corrected chi connectivity index (χ2v) is 2.05. The fraction of sp³-hybridized carbons (Fsp3) is 1.00. The van der Waals surface area contributed by atoms with Crippen molar-refractivity contribution < 1.29 is 14.5 Å². The molecule has 3 nitrogen and oxygen atoms in total. The van der Waals surface area contributed by atoms with Crippen LogP contribution in [0.4, 0.5) is 0 Å². The van der Waals surface area contributed by atoms with Crippen LogP contribution in [-0.2, 0) is 14.5 Å². The van der Waals surface area contributed by atoms with E-state index in [1.165, 1.54) is 0 Å². The Labute approximate surface area is 56.3 Å². The van der Waals surface area contributed by atoms with Crippen LogP contribution in [0.2, 0.25) is 0 Å². The maximum absolute atomic E-state index is 5.35. The summed E-state index contributed by atoms with van der Waals surface area (Å²) in [5.41, 5.74) is -0.537. The molecule has 0 N–H and O–H groups in total. The van der Waals surface area contributed by atoms with Gasteiger partial charge in [0.2, 0.25) is 0 Å². The number of halogens is 2. The topological polar surface area (TPSA) is 27.7 Å². The van der Waals surface area contributed by atoms with Gasteiger partial charge in [-0.3, -0.25) is 0 Å². The molecule has 0 aromatic rings. The molecule has 5 heteroatoms. The summed E-state index contributed by atoms with van der Waals surface area (Å²) in [5.74, 6) is -0.815. The third-order valence-electron chi connectivity index (χ3n) is 0.594. The second-order valence-electron chi connectivity index (χ2n) is 1.21. The molecule has 48 valence electrons. The van der Waals surface area contributed by atoms with E-state index in [1.54, 1.807) is 0 Å². The van der Waals surface area contributed by atoms with Gasteiger partial charge < -0.3 is 4.74 Å². The highest BCUT2D eigenvalue weighted by Crippen LogP contribution is 2.13. The van der Waals surface area contributed by atoms with E-state index in [2.05, 4.69) is 14.5 Å². The predicted molar refractivity (Wildman–Crippen MR) is 27.4 cm³/mol. The summed E-state index contributed by atoms with van der Waals surface area (Å²) in [5, 5.41) is 0. The van der Waals surface area contributed by atoms with E-state index >= 15 is 0 Å². The molecule has 1 saturated heterocycles. The van der Waals surface area contributed by atoms with Gasteiger partial charge in [0.1, 0.15) is 0 Å². The molecule has 1 aliphatic heterocycles. The zero-order valence-corrected chi connectivity index (χ0v) is 5.35. The van der Waals surface area contributed by atoms with Crippen molar-refractivity contribution in [3.63, 3.8) is 0 Å². The Morgan fingerprint density at radius 2 is 2.00 bits per heavy atom. The molecular weight excluding hydrogens is 155 g/mol. The van der Waals surface area contributed by atoms with Crippen molar-refractivity contribution in [3.8, 4) is 0 Å². The molecule has 8 heavy (non-hydrogen) atoms. The van der Waals surface area contributed by atoms with Crippen LogP contribution in [0.25, 0.3) is 0 Å². The van der Waals surface area contributed by atoms with Crippen molar-refractivity contribution in [1.82, 2.24) is 0 Å². The lowest BCUT2D eigenvalue weighted by Gasteiger charge is -2.19. The Hall–Kier alpha value is 0.460. The largest absolute Gasteiger partial charge is 0.334 e. The molecule has 1 fully saturated rings. The van der Waals surface area contributed by atoms with Gasteiger partial charge in [-0.15, -0.1) is 0 Å². The Bertz CT molecular complexity index is 60.9. The van der Waals surface area contributed by atoms with Gasteiger partial charge in [-0.1, -0.05) is 23.2 Å². The van der Waals surface area contributed by atoms with E-state index in [4.69, 9.17) is 23.2 Å². The smallest absolute Gasteiger partial charge is 0.268 e. The van der Waals surface area contributed by atoms with Crippen LogP contribution in [0.1, 0.15) is 0 Å². The monoisotopic (exact) mass is 158 g/mol. The summed E-state index contributed by atoms with van der Waals surface area (Å²) in [7, 11) is 0. The van der Waals surface area contributed by atoms with Crippen molar-refractivity contribution in [2.75, 3.05) is 6.61 Å². The van der Waals surface area contributed by atoms with Crippen molar-refractivity contribution in [2.45, 2.75) is 11.3 Å². The molecule has 0 aromatic carbocycles. The lowest BCUT2D eigenvalue weighted by molar-refractivity contribution is -0.402. The fourth-order valence-electron chi connectivity index (χ4n) is 0.311. The average molecular weight is 159 g/mol. The van der Waals surface area contributed by atoms with Crippen LogP contribution < -0.4 is 0 Å². The summed E-state index contributed by atoms with van der Waals surface area (Å²) in [6, 6.07) is 0. The van der Waals surface area contributed by atoms with Gasteiger partial charge in [-0.2, -0.15) is 4.89 Å². The third kappa shape index (κ3) is 1.76. The maximum Gasteiger partial charge on any atom is 0.268 e. The van der Waals surface area contributed by atoms with E-state index in [-0.39, 0.29) is 6.61 Å². The highest BCUT2D eigenvalue weighted by molar-refractivity contribution is 6.20. The highest BCUT2D eigenvalue weighted by Gasteiger charge is 2.18. The first kappa shape index (κ1) is 6.58. The van der Waals surface area contributed by atoms with Crippen LogP contribution in [0.3, 0.4) is 0 Å². The zero-order valence-electron chi connectivity index (χ0n) is 3.84. The molecule has 0 aliphatic carbocycles. The number of hydrogen-bond acceptors (Lipinski definition) is 3. The van der Waals surface area contributed by atoms with Gasteiger partial charge in [-0.05, 0) is 0 Å². The van der Waals surface area contributed by atoms with Gasteiger partial charge in [0, 0.05) is 0 Å². The first-order chi connectivity index (χ1) is 3.79. The standard InChI is InChI=1S/C3H4Cl2O3/c4-2-1-6-3(5)8-7-2/h2-3H,1H2/t2-,3-/m0/s1. The highest BCUT2D eigenvalue weighted by atomic mass is 35.5. The van der Waals surface area contributed by atoms with Crippen molar-refractivity contribution in [2.24, 2.45) is 0 Å². The van der Waals surface area contributed by atoms with Gasteiger partial charge in [0.25, 0.3) is 5.75 Å². The molecule has 0 amide bonds. The minimum atomic E-state index is -0.815. The molecule has 0 unspecified atom stereocenters. The van der Waals surface area contributed by atoms with E-state index in [1.807, 2.05) is 0 Å². The minimum Gasteiger partial charge on any atom is -0.334 e. The van der Waals surface area contributed by atoms with Gasteiger partial charge in [0.05, 0.1) is 6.61 Å². The number of hydrogen-bond donors (Lipinski definition) is 0. The van der Waals surface area contributed by atoms with Gasteiger partial charge >= 0.3 is 0 Å². The molecule has 0 aromatic heterocycles. The molecule has 0 bridgehead atoms. The minimum absolute atomic E-state index is 0.260. The van der Waals surface area contributed by atoms with Crippen LogP contribution in [0.5, 0.6) is 0 Å². The number of ether oxygens (including phenoxy) is 1. The van der Waals surface area contributed by atoms with Crippen molar-refractivity contribution in [3.05, 3.63) is 0 Å². The normalized spacial score (nSPS) is 39.8. The number of alkyl halides is 2. The van der Waals surface area contributed by atoms with Crippen LogP contribution >= 0.6 is 23.2 Å². The molecule has 0 spiro atoms. The second kappa shape index (κ2) is 2.85. The summed E-state index contributed by atoms with van der Waals surface area (Å²) >= 11 is 10.6. The summed E-state index contributed by atoms with van der Waals surface area (Å²) in [4.78, 5) is 8.70. The molecule has 1 aliphatic rings. The van der Waals surface area contributed by atoms with Gasteiger partial charge in [-0.25, -0.2) is 4.89 Å². The Morgan fingerprint density at radius 1 is 1.25 bits per heavy atom.